The minimum atomic E-state index is 0.879. The average Bonchev–Trinajstić information content (AvgIpc) is 3.00. The summed E-state index contributed by atoms with van der Waals surface area (Å²) in [4.78, 5) is 0. The Labute approximate surface area is 141 Å². The molecule has 0 unspecified atom stereocenters. The van der Waals surface area contributed by atoms with Gasteiger partial charge in [0, 0.05) is 30.5 Å². The van der Waals surface area contributed by atoms with Gasteiger partial charge >= 0.3 is 0 Å². The molecule has 0 saturated heterocycles. The largest absolute Gasteiger partial charge is 0.456 e. The van der Waals surface area contributed by atoms with Gasteiger partial charge in [-0.05, 0) is 48.5 Å². The van der Waals surface area contributed by atoms with Crippen LogP contribution < -0.4 is 0 Å². The van der Waals surface area contributed by atoms with Crippen LogP contribution in [0.15, 0.2) is 66.3 Å². The molecular weight excluding hydrogens is 408 g/mol. The van der Waals surface area contributed by atoms with Gasteiger partial charge in [0.05, 0.1) is 0 Å². The number of fused-ring (bicyclic) bond motifs is 6. The number of halogens is 2. The van der Waals surface area contributed by atoms with Crippen LogP contribution in [0, 0.1) is 0 Å². The van der Waals surface area contributed by atoms with Crippen molar-refractivity contribution in [2.24, 2.45) is 0 Å². The van der Waals surface area contributed by atoms with E-state index in [0.717, 1.165) is 52.8 Å². The molecule has 0 aliphatic carbocycles. The van der Waals surface area contributed by atoms with Crippen LogP contribution in [0.1, 0.15) is 0 Å². The molecule has 0 aliphatic rings. The Morgan fingerprint density at radius 1 is 0.500 bits per heavy atom. The Kier molecular flexibility index (Phi) is 2.53. The first-order valence-electron chi connectivity index (χ1n) is 6.83. The molecule has 2 aromatic heterocycles. The molecule has 5 rings (SSSR count). The zero-order valence-electron chi connectivity index (χ0n) is 11.2. The van der Waals surface area contributed by atoms with E-state index in [2.05, 4.69) is 56.1 Å². The highest BCUT2D eigenvalue weighted by molar-refractivity contribution is 9.10. The maximum atomic E-state index is 6.00. The Morgan fingerprint density at radius 3 is 1.36 bits per heavy atom. The number of furan rings is 2. The Hall–Kier alpha value is -1.78. The first-order valence-corrected chi connectivity index (χ1v) is 8.41. The van der Waals surface area contributed by atoms with E-state index in [1.165, 1.54) is 0 Å². The summed E-state index contributed by atoms with van der Waals surface area (Å²) in [6, 6.07) is 16.3. The van der Waals surface area contributed by atoms with Crippen molar-refractivity contribution in [3.63, 3.8) is 0 Å². The minimum Gasteiger partial charge on any atom is -0.456 e. The second kappa shape index (κ2) is 4.37. The molecule has 0 aliphatic heterocycles. The van der Waals surface area contributed by atoms with Gasteiger partial charge in [-0.1, -0.05) is 31.9 Å². The Morgan fingerprint density at radius 2 is 0.909 bits per heavy atom. The van der Waals surface area contributed by atoms with E-state index in [1.54, 1.807) is 0 Å². The lowest BCUT2D eigenvalue weighted by Gasteiger charge is -1.91. The van der Waals surface area contributed by atoms with E-state index < -0.39 is 0 Å². The van der Waals surface area contributed by atoms with Gasteiger partial charge in [-0.25, -0.2) is 0 Å². The molecule has 0 spiro atoms. The third-order valence-corrected chi connectivity index (χ3v) is 4.98. The summed E-state index contributed by atoms with van der Waals surface area (Å²) in [7, 11) is 0. The standard InChI is InChI=1S/C18H8Br2O2/c19-9-1-3-11-13-7-18-14(8-17(13)21-15(11)5-9)12-4-2-10(20)6-16(12)22-18/h1-8H. The highest BCUT2D eigenvalue weighted by Crippen LogP contribution is 2.37. The molecule has 2 nitrogen and oxygen atoms in total. The van der Waals surface area contributed by atoms with Crippen LogP contribution >= 0.6 is 31.9 Å². The summed E-state index contributed by atoms with van der Waals surface area (Å²) in [5, 5.41) is 4.35. The van der Waals surface area contributed by atoms with Crippen LogP contribution in [0.2, 0.25) is 0 Å². The van der Waals surface area contributed by atoms with Gasteiger partial charge in [-0.3, -0.25) is 0 Å². The third-order valence-electron chi connectivity index (χ3n) is 3.99. The Balaban J connectivity index is 1.97. The van der Waals surface area contributed by atoms with Crippen molar-refractivity contribution in [1.82, 2.24) is 0 Å². The third kappa shape index (κ3) is 1.71. The van der Waals surface area contributed by atoms with Crippen molar-refractivity contribution in [2.75, 3.05) is 0 Å². The predicted molar refractivity (Wildman–Crippen MR) is 96.4 cm³/mol. The fourth-order valence-corrected chi connectivity index (χ4v) is 3.67. The average molecular weight is 416 g/mol. The molecule has 2 heterocycles. The zero-order valence-corrected chi connectivity index (χ0v) is 14.4. The molecule has 0 saturated carbocycles. The van der Waals surface area contributed by atoms with Crippen LogP contribution in [0.4, 0.5) is 0 Å². The smallest absolute Gasteiger partial charge is 0.136 e. The van der Waals surface area contributed by atoms with Gasteiger partial charge in [-0.15, -0.1) is 0 Å². The number of hydrogen-bond acceptors (Lipinski definition) is 2. The first kappa shape index (κ1) is 12.7. The predicted octanol–water partition coefficient (Wildman–Crippen LogP) is 7.01. The highest BCUT2D eigenvalue weighted by atomic mass is 79.9. The molecule has 4 heteroatoms. The van der Waals surface area contributed by atoms with E-state index >= 15 is 0 Å². The zero-order chi connectivity index (χ0) is 14.8. The van der Waals surface area contributed by atoms with Gasteiger partial charge in [-0.2, -0.15) is 0 Å². The second-order valence-electron chi connectivity index (χ2n) is 5.33. The van der Waals surface area contributed by atoms with E-state index in [-0.39, 0.29) is 0 Å². The van der Waals surface area contributed by atoms with Crippen molar-refractivity contribution in [1.29, 1.82) is 0 Å². The summed E-state index contributed by atoms with van der Waals surface area (Å²) >= 11 is 6.96. The molecule has 0 bridgehead atoms. The van der Waals surface area contributed by atoms with E-state index in [1.807, 2.05) is 24.3 Å². The van der Waals surface area contributed by atoms with Gasteiger partial charge < -0.3 is 8.83 Å². The van der Waals surface area contributed by atoms with Crippen molar-refractivity contribution < 1.29 is 8.83 Å². The number of rotatable bonds is 0. The summed E-state index contributed by atoms with van der Waals surface area (Å²) in [5.74, 6) is 0. The minimum absolute atomic E-state index is 0.879. The number of benzene rings is 3. The molecule has 0 atom stereocenters. The lowest BCUT2D eigenvalue weighted by atomic mass is 10.1. The van der Waals surface area contributed by atoms with Crippen molar-refractivity contribution in [3.05, 3.63) is 57.5 Å². The van der Waals surface area contributed by atoms with Gasteiger partial charge in [0.2, 0.25) is 0 Å². The van der Waals surface area contributed by atoms with Crippen LogP contribution in [-0.2, 0) is 0 Å². The van der Waals surface area contributed by atoms with Crippen LogP contribution in [0.5, 0.6) is 0 Å². The maximum Gasteiger partial charge on any atom is 0.136 e. The van der Waals surface area contributed by atoms with Crippen LogP contribution in [-0.4, -0.2) is 0 Å². The molecule has 3 aromatic carbocycles. The Bertz CT molecular complexity index is 1100. The monoisotopic (exact) mass is 414 g/mol. The normalized spacial score (nSPS) is 12.1. The highest BCUT2D eigenvalue weighted by Gasteiger charge is 2.13. The van der Waals surface area contributed by atoms with Crippen LogP contribution in [0.3, 0.4) is 0 Å². The van der Waals surface area contributed by atoms with E-state index in [0.29, 0.717) is 0 Å². The molecule has 0 fully saturated rings. The van der Waals surface area contributed by atoms with Crippen LogP contribution in [0.25, 0.3) is 43.9 Å². The molecule has 0 radical (unpaired) electrons. The molecule has 5 aromatic rings. The van der Waals surface area contributed by atoms with E-state index in [4.69, 9.17) is 8.83 Å². The van der Waals surface area contributed by atoms with Crippen molar-refractivity contribution >= 4 is 75.7 Å². The topological polar surface area (TPSA) is 26.3 Å². The summed E-state index contributed by atoms with van der Waals surface area (Å²) in [6.45, 7) is 0. The van der Waals surface area contributed by atoms with Gasteiger partial charge in [0.25, 0.3) is 0 Å². The lowest BCUT2D eigenvalue weighted by Crippen LogP contribution is -1.69. The maximum absolute atomic E-state index is 6.00. The quantitative estimate of drug-likeness (QED) is 0.272. The van der Waals surface area contributed by atoms with Gasteiger partial charge in [0.1, 0.15) is 22.3 Å². The van der Waals surface area contributed by atoms with Crippen molar-refractivity contribution in [2.45, 2.75) is 0 Å². The first-order chi connectivity index (χ1) is 10.7. The summed E-state index contributed by atoms with van der Waals surface area (Å²) < 4.78 is 14.0. The van der Waals surface area contributed by atoms with E-state index in [9.17, 15) is 0 Å². The van der Waals surface area contributed by atoms with Gasteiger partial charge in [0.15, 0.2) is 0 Å². The second-order valence-corrected chi connectivity index (χ2v) is 7.16. The SMILES string of the molecule is Brc1ccc2c(c1)oc1cc3c(cc12)oc1cc(Br)ccc13. The molecule has 0 amide bonds. The molecular formula is C18H8Br2O2. The molecule has 0 N–H and O–H groups in total. The molecule has 22 heavy (non-hydrogen) atoms. The summed E-state index contributed by atoms with van der Waals surface area (Å²) in [5.41, 5.74) is 3.52. The fraction of sp³-hybridized carbons (Fsp3) is 0. The van der Waals surface area contributed by atoms with Crippen molar-refractivity contribution in [3.8, 4) is 0 Å². The summed E-state index contributed by atoms with van der Waals surface area (Å²) in [6.07, 6.45) is 0. The number of hydrogen-bond donors (Lipinski definition) is 0. The molecule has 106 valence electrons. The lowest BCUT2D eigenvalue weighted by molar-refractivity contribution is 0.663. The fourth-order valence-electron chi connectivity index (χ4n) is 2.99.